The first-order valence-electron chi connectivity index (χ1n) is 10.0. The first-order valence-corrected chi connectivity index (χ1v) is 10.0. The van der Waals surface area contributed by atoms with Crippen molar-refractivity contribution in [2.75, 3.05) is 44.6 Å². The van der Waals surface area contributed by atoms with Crippen LogP contribution in [0.1, 0.15) is 30.9 Å². The Kier molecular flexibility index (Phi) is 6.50. The maximum atomic E-state index is 12.4. The number of benzene rings is 1. The average Bonchev–Trinajstić information content (AvgIpc) is 3.46. The van der Waals surface area contributed by atoms with Gasteiger partial charge in [-0.3, -0.25) is 19.4 Å². The highest BCUT2D eigenvalue weighted by Gasteiger charge is 2.29. The molecule has 6 heteroatoms. The minimum Gasteiger partial charge on any atom is -0.352 e. The normalized spacial score (nSPS) is 19.5. The molecule has 1 aliphatic carbocycles. The number of hydrogen-bond acceptors (Lipinski definition) is 4. The van der Waals surface area contributed by atoms with Crippen molar-refractivity contribution < 1.29 is 9.59 Å². The molecule has 2 N–H and O–H groups in total. The number of aryl methyl sites for hydroxylation is 1. The number of nitrogens with one attached hydrogen (secondary N) is 2. The summed E-state index contributed by atoms with van der Waals surface area (Å²) in [5.74, 6) is 0.824. The molecular formula is C21H32N4O2. The summed E-state index contributed by atoms with van der Waals surface area (Å²) in [5, 5.41) is 6.13. The van der Waals surface area contributed by atoms with Crippen molar-refractivity contribution in [3.63, 3.8) is 0 Å². The number of anilines is 1. The Hall–Kier alpha value is -1.92. The van der Waals surface area contributed by atoms with Crippen LogP contribution in [0, 0.1) is 19.8 Å². The quantitative estimate of drug-likeness (QED) is 0.766. The molecule has 0 unspecified atom stereocenters. The predicted molar refractivity (Wildman–Crippen MR) is 108 cm³/mol. The molecule has 3 rings (SSSR count). The summed E-state index contributed by atoms with van der Waals surface area (Å²) < 4.78 is 0. The summed E-state index contributed by atoms with van der Waals surface area (Å²) in [6, 6.07) is 6.25. The molecule has 1 heterocycles. The van der Waals surface area contributed by atoms with Gasteiger partial charge in [0.05, 0.1) is 13.1 Å². The molecule has 1 aliphatic heterocycles. The van der Waals surface area contributed by atoms with E-state index in [9.17, 15) is 9.59 Å². The molecule has 1 saturated heterocycles. The molecular weight excluding hydrogens is 340 g/mol. The van der Waals surface area contributed by atoms with Crippen LogP contribution in [-0.4, -0.2) is 66.9 Å². The Labute approximate surface area is 162 Å². The van der Waals surface area contributed by atoms with Gasteiger partial charge in [-0.25, -0.2) is 0 Å². The van der Waals surface area contributed by atoms with E-state index < -0.39 is 0 Å². The number of carbonyl (C=O) groups excluding carboxylic acids is 2. The van der Waals surface area contributed by atoms with Gasteiger partial charge in [0.15, 0.2) is 0 Å². The van der Waals surface area contributed by atoms with E-state index in [4.69, 9.17) is 0 Å². The van der Waals surface area contributed by atoms with Crippen molar-refractivity contribution in [3.05, 3.63) is 29.3 Å². The number of rotatable bonds is 7. The maximum absolute atomic E-state index is 12.4. The van der Waals surface area contributed by atoms with Crippen LogP contribution in [0.5, 0.6) is 0 Å². The van der Waals surface area contributed by atoms with Crippen molar-refractivity contribution in [2.24, 2.45) is 5.92 Å². The molecule has 1 saturated carbocycles. The third-order valence-corrected chi connectivity index (χ3v) is 5.80. The van der Waals surface area contributed by atoms with Crippen molar-refractivity contribution in [2.45, 2.75) is 39.7 Å². The van der Waals surface area contributed by atoms with Crippen molar-refractivity contribution in [3.8, 4) is 0 Å². The second-order valence-corrected chi connectivity index (χ2v) is 8.04. The first kappa shape index (κ1) is 19.8. The minimum absolute atomic E-state index is 0.0214. The lowest BCUT2D eigenvalue weighted by Crippen LogP contribution is -2.51. The van der Waals surface area contributed by atoms with Crippen LogP contribution in [0.2, 0.25) is 0 Å². The summed E-state index contributed by atoms with van der Waals surface area (Å²) >= 11 is 0. The highest BCUT2D eigenvalue weighted by molar-refractivity contribution is 5.93. The van der Waals surface area contributed by atoms with Crippen LogP contribution in [0.4, 0.5) is 5.69 Å². The lowest BCUT2D eigenvalue weighted by molar-refractivity contribution is -0.124. The highest BCUT2D eigenvalue weighted by Crippen LogP contribution is 2.32. The molecule has 0 bridgehead atoms. The zero-order valence-electron chi connectivity index (χ0n) is 16.8. The van der Waals surface area contributed by atoms with E-state index in [1.54, 1.807) is 0 Å². The number of amides is 2. The molecule has 1 aromatic rings. The zero-order valence-corrected chi connectivity index (χ0v) is 16.8. The summed E-state index contributed by atoms with van der Waals surface area (Å²) in [4.78, 5) is 28.8. The van der Waals surface area contributed by atoms with E-state index >= 15 is 0 Å². The molecule has 148 valence electrons. The molecule has 1 aromatic carbocycles. The van der Waals surface area contributed by atoms with Crippen LogP contribution < -0.4 is 10.6 Å². The van der Waals surface area contributed by atoms with Crippen molar-refractivity contribution in [1.82, 2.24) is 15.1 Å². The van der Waals surface area contributed by atoms with Crippen LogP contribution in [0.15, 0.2) is 18.2 Å². The van der Waals surface area contributed by atoms with Gasteiger partial charge >= 0.3 is 0 Å². The van der Waals surface area contributed by atoms with Crippen molar-refractivity contribution in [1.29, 1.82) is 0 Å². The van der Waals surface area contributed by atoms with Gasteiger partial charge in [0.2, 0.25) is 11.8 Å². The lowest BCUT2D eigenvalue weighted by Gasteiger charge is -2.34. The number of carbonyl (C=O) groups is 2. The van der Waals surface area contributed by atoms with Gasteiger partial charge < -0.3 is 10.6 Å². The van der Waals surface area contributed by atoms with Crippen molar-refractivity contribution >= 4 is 17.5 Å². The molecule has 0 aromatic heterocycles. The average molecular weight is 373 g/mol. The summed E-state index contributed by atoms with van der Waals surface area (Å²) in [6.07, 6.45) is 2.48. The molecule has 1 atom stereocenters. The SMILES string of the molecule is Cc1cccc(NC(=O)CN2CCN(CC(=O)N[C@@H](C)C3CC3)CC2)c1C. The predicted octanol–water partition coefficient (Wildman–Crippen LogP) is 1.77. The molecule has 0 radical (unpaired) electrons. The molecule has 2 fully saturated rings. The first-order chi connectivity index (χ1) is 12.9. The minimum atomic E-state index is 0.0214. The van der Waals surface area contributed by atoms with Crippen LogP contribution >= 0.6 is 0 Å². The van der Waals surface area contributed by atoms with Gasteiger partial charge in [0.1, 0.15) is 0 Å². The van der Waals surface area contributed by atoms with E-state index in [0.717, 1.165) is 37.4 Å². The maximum Gasteiger partial charge on any atom is 0.238 e. The molecule has 2 amide bonds. The largest absolute Gasteiger partial charge is 0.352 e. The van der Waals surface area contributed by atoms with Gasteiger partial charge in [-0.2, -0.15) is 0 Å². The second-order valence-electron chi connectivity index (χ2n) is 8.04. The lowest BCUT2D eigenvalue weighted by atomic mass is 10.1. The smallest absolute Gasteiger partial charge is 0.238 e. The Morgan fingerprint density at radius 3 is 2.22 bits per heavy atom. The fraction of sp³-hybridized carbons (Fsp3) is 0.619. The second kappa shape index (κ2) is 8.85. The standard InChI is InChI=1S/C21H32N4O2/c1-15-5-4-6-19(16(15)2)23-21(27)14-25-11-9-24(10-12-25)13-20(26)22-17(3)18-7-8-18/h4-6,17-18H,7-14H2,1-3H3,(H,22,26)(H,23,27)/t17-/m0/s1. The Balaban J connectivity index is 1.38. The summed E-state index contributed by atoms with van der Waals surface area (Å²) in [5.41, 5.74) is 3.18. The van der Waals surface area contributed by atoms with E-state index in [1.807, 2.05) is 32.0 Å². The Morgan fingerprint density at radius 1 is 1.04 bits per heavy atom. The fourth-order valence-corrected chi connectivity index (χ4v) is 3.60. The molecule has 2 aliphatic rings. The fourth-order valence-electron chi connectivity index (χ4n) is 3.60. The number of nitrogens with zero attached hydrogens (tertiary/aromatic N) is 2. The summed E-state index contributed by atoms with van der Waals surface area (Å²) in [7, 11) is 0. The van der Waals surface area contributed by atoms with Gasteiger partial charge in [-0.05, 0) is 56.7 Å². The van der Waals surface area contributed by atoms with Gasteiger partial charge in [0, 0.05) is 37.9 Å². The zero-order chi connectivity index (χ0) is 19.4. The Bertz CT molecular complexity index is 679. The summed E-state index contributed by atoms with van der Waals surface area (Å²) in [6.45, 7) is 10.3. The van der Waals surface area contributed by atoms with Gasteiger partial charge in [0.25, 0.3) is 0 Å². The van der Waals surface area contributed by atoms with E-state index in [0.29, 0.717) is 25.0 Å². The number of piperazine rings is 1. The third kappa shape index (κ3) is 5.78. The van der Waals surface area contributed by atoms with Crippen LogP contribution in [0.3, 0.4) is 0 Å². The molecule has 27 heavy (non-hydrogen) atoms. The van der Waals surface area contributed by atoms with Gasteiger partial charge in [-0.15, -0.1) is 0 Å². The van der Waals surface area contributed by atoms with Crippen LogP contribution in [-0.2, 0) is 9.59 Å². The van der Waals surface area contributed by atoms with E-state index in [2.05, 4.69) is 27.4 Å². The third-order valence-electron chi connectivity index (χ3n) is 5.80. The van der Waals surface area contributed by atoms with E-state index in [1.165, 1.54) is 18.4 Å². The highest BCUT2D eigenvalue weighted by atomic mass is 16.2. The monoisotopic (exact) mass is 372 g/mol. The molecule has 6 nitrogen and oxygen atoms in total. The Morgan fingerprint density at radius 2 is 1.63 bits per heavy atom. The molecule has 0 spiro atoms. The topological polar surface area (TPSA) is 64.7 Å². The number of hydrogen-bond donors (Lipinski definition) is 2. The van der Waals surface area contributed by atoms with Gasteiger partial charge in [-0.1, -0.05) is 12.1 Å². The van der Waals surface area contributed by atoms with Crippen LogP contribution in [0.25, 0.3) is 0 Å². The van der Waals surface area contributed by atoms with E-state index in [-0.39, 0.29) is 11.8 Å².